The first-order valence-electron chi connectivity index (χ1n) is 10.3. The highest BCUT2D eigenvalue weighted by Crippen LogP contribution is 2.37. The average molecular weight is 478 g/mol. The van der Waals surface area contributed by atoms with Gasteiger partial charge in [-0.15, -0.1) is 10.2 Å². The van der Waals surface area contributed by atoms with Crippen molar-refractivity contribution in [2.45, 2.75) is 30.8 Å². The number of thioether (sulfide) groups is 1. The summed E-state index contributed by atoms with van der Waals surface area (Å²) in [5.74, 6) is 0.498. The Hall–Kier alpha value is -3.21. The molecule has 0 saturated carbocycles. The highest BCUT2D eigenvalue weighted by Gasteiger charge is 2.32. The predicted octanol–water partition coefficient (Wildman–Crippen LogP) is 5.00. The van der Waals surface area contributed by atoms with Crippen LogP contribution in [0.2, 0.25) is 0 Å². The SMILES string of the molecule is O=C(CSc1nnc(COc2ccccc2)o1)Nc1ccc(C(F)(F)F)cc1N1CCCC1. The molecule has 0 bridgehead atoms. The van der Waals surface area contributed by atoms with E-state index < -0.39 is 11.7 Å². The second-order valence-corrected chi connectivity index (χ2v) is 8.25. The Bertz CT molecular complexity index is 1090. The maximum atomic E-state index is 13.2. The summed E-state index contributed by atoms with van der Waals surface area (Å²) < 4.78 is 50.5. The Morgan fingerprint density at radius 2 is 1.88 bits per heavy atom. The summed E-state index contributed by atoms with van der Waals surface area (Å²) in [6.45, 7) is 1.39. The van der Waals surface area contributed by atoms with Crippen LogP contribution in [0.4, 0.5) is 24.5 Å². The number of carbonyl (C=O) groups is 1. The first kappa shape index (κ1) is 23.0. The Morgan fingerprint density at radius 3 is 2.61 bits per heavy atom. The molecule has 3 aromatic rings. The number of benzene rings is 2. The fraction of sp³-hybridized carbons (Fsp3) is 0.318. The molecule has 7 nitrogen and oxygen atoms in total. The predicted molar refractivity (Wildman–Crippen MR) is 117 cm³/mol. The molecular formula is C22H21F3N4O3S. The van der Waals surface area contributed by atoms with Crippen LogP contribution in [0.25, 0.3) is 0 Å². The van der Waals surface area contributed by atoms with Crippen molar-refractivity contribution in [1.29, 1.82) is 0 Å². The lowest BCUT2D eigenvalue weighted by atomic mass is 10.1. The second-order valence-electron chi connectivity index (χ2n) is 7.32. The van der Waals surface area contributed by atoms with Crippen LogP contribution in [-0.4, -0.2) is 34.9 Å². The van der Waals surface area contributed by atoms with E-state index in [1.807, 2.05) is 23.1 Å². The molecule has 2 heterocycles. The van der Waals surface area contributed by atoms with E-state index in [0.717, 1.165) is 36.7 Å². The van der Waals surface area contributed by atoms with Gasteiger partial charge in [-0.05, 0) is 43.2 Å². The second kappa shape index (κ2) is 10.2. The zero-order valence-electron chi connectivity index (χ0n) is 17.5. The first-order valence-corrected chi connectivity index (χ1v) is 11.3. The number of aromatic nitrogens is 2. The van der Waals surface area contributed by atoms with E-state index >= 15 is 0 Å². The fourth-order valence-corrected chi connectivity index (χ4v) is 3.94. The molecule has 33 heavy (non-hydrogen) atoms. The largest absolute Gasteiger partial charge is 0.484 e. The minimum Gasteiger partial charge on any atom is -0.484 e. The monoisotopic (exact) mass is 478 g/mol. The molecule has 0 radical (unpaired) electrons. The maximum absolute atomic E-state index is 13.2. The number of rotatable bonds is 8. The lowest BCUT2D eigenvalue weighted by molar-refractivity contribution is -0.137. The lowest BCUT2D eigenvalue weighted by Gasteiger charge is -2.23. The van der Waals surface area contributed by atoms with Crippen molar-refractivity contribution in [1.82, 2.24) is 10.2 Å². The molecule has 2 aromatic carbocycles. The molecule has 11 heteroatoms. The van der Waals surface area contributed by atoms with Gasteiger partial charge in [0, 0.05) is 13.1 Å². The summed E-state index contributed by atoms with van der Waals surface area (Å²) >= 11 is 1.03. The Kier molecular flexibility index (Phi) is 7.07. The Balaban J connectivity index is 1.35. The molecule has 1 aliphatic rings. The van der Waals surface area contributed by atoms with Gasteiger partial charge in [-0.3, -0.25) is 4.79 Å². The van der Waals surface area contributed by atoms with Gasteiger partial charge in [0.2, 0.25) is 5.91 Å². The van der Waals surface area contributed by atoms with Crippen molar-refractivity contribution in [3.63, 3.8) is 0 Å². The van der Waals surface area contributed by atoms with Gasteiger partial charge in [-0.1, -0.05) is 30.0 Å². The number of halogens is 3. The molecule has 4 rings (SSSR count). The molecular weight excluding hydrogens is 457 g/mol. The summed E-state index contributed by atoms with van der Waals surface area (Å²) in [5, 5.41) is 10.7. The fourth-order valence-electron chi connectivity index (χ4n) is 3.36. The minimum absolute atomic E-state index is 0.0400. The summed E-state index contributed by atoms with van der Waals surface area (Å²) in [6.07, 6.45) is -2.66. The number of ether oxygens (including phenoxy) is 1. The topological polar surface area (TPSA) is 80.5 Å². The molecule has 0 unspecified atom stereocenters. The molecule has 1 fully saturated rings. The third-order valence-corrected chi connectivity index (χ3v) is 5.74. The molecule has 0 atom stereocenters. The van der Waals surface area contributed by atoms with Crippen LogP contribution in [0.3, 0.4) is 0 Å². The number of carbonyl (C=O) groups excluding carboxylic acids is 1. The minimum atomic E-state index is -4.45. The zero-order chi connectivity index (χ0) is 23.3. The van der Waals surface area contributed by atoms with E-state index in [0.29, 0.717) is 30.2 Å². The quantitative estimate of drug-likeness (QED) is 0.457. The van der Waals surface area contributed by atoms with Crippen molar-refractivity contribution in [2.24, 2.45) is 0 Å². The number of nitrogens with one attached hydrogen (secondary N) is 1. The third kappa shape index (κ3) is 6.19. The van der Waals surface area contributed by atoms with E-state index in [9.17, 15) is 18.0 Å². The van der Waals surface area contributed by atoms with Crippen LogP contribution in [0.1, 0.15) is 24.3 Å². The van der Waals surface area contributed by atoms with Gasteiger partial charge in [-0.2, -0.15) is 13.2 Å². The zero-order valence-corrected chi connectivity index (χ0v) is 18.3. The first-order chi connectivity index (χ1) is 15.9. The highest BCUT2D eigenvalue weighted by atomic mass is 32.2. The Morgan fingerprint density at radius 1 is 1.12 bits per heavy atom. The summed E-state index contributed by atoms with van der Waals surface area (Å²) in [7, 11) is 0. The number of hydrogen-bond acceptors (Lipinski definition) is 7. The van der Waals surface area contributed by atoms with Crippen LogP contribution in [-0.2, 0) is 17.6 Å². The number of hydrogen-bond donors (Lipinski definition) is 1. The molecule has 0 spiro atoms. The van der Waals surface area contributed by atoms with Crippen molar-refractivity contribution >= 4 is 29.0 Å². The number of alkyl halides is 3. The summed E-state index contributed by atoms with van der Waals surface area (Å²) in [4.78, 5) is 14.3. The van der Waals surface area contributed by atoms with Gasteiger partial charge in [0.25, 0.3) is 11.1 Å². The number of nitrogens with zero attached hydrogens (tertiary/aromatic N) is 3. The third-order valence-electron chi connectivity index (χ3n) is 4.93. The molecule has 1 saturated heterocycles. The summed E-state index contributed by atoms with van der Waals surface area (Å²) in [6, 6.07) is 12.5. The van der Waals surface area contributed by atoms with Gasteiger partial charge in [0.15, 0.2) is 6.61 Å². The van der Waals surface area contributed by atoms with Crippen LogP contribution in [0.15, 0.2) is 58.2 Å². The molecule has 1 N–H and O–H groups in total. The van der Waals surface area contributed by atoms with E-state index in [1.165, 1.54) is 6.07 Å². The van der Waals surface area contributed by atoms with Gasteiger partial charge in [-0.25, -0.2) is 0 Å². The normalized spacial score (nSPS) is 13.8. The van der Waals surface area contributed by atoms with E-state index in [1.54, 1.807) is 12.1 Å². The van der Waals surface area contributed by atoms with E-state index in [2.05, 4.69) is 15.5 Å². The van der Waals surface area contributed by atoms with E-state index in [4.69, 9.17) is 9.15 Å². The maximum Gasteiger partial charge on any atom is 0.416 e. The smallest absolute Gasteiger partial charge is 0.416 e. The van der Waals surface area contributed by atoms with E-state index in [-0.39, 0.29) is 29.4 Å². The van der Waals surface area contributed by atoms with Crippen LogP contribution in [0, 0.1) is 0 Å². The molecule has 1 amide bonds. The van der Waals surface area contributed by atoms with Crippen LogP contribution < -0.4 is 15.0 Å². The van der Waals surface area contributed by atoms with Gasteiger partial charge < -0.3 is 19.4 Å². The van der Waals surface area contributed by atoms with Crippen LogP contribution >= 0.6 is 11.8 Å². The molecule has 1 aliphatic heterocycles. The van der Waals surface area contributed by atoms with Crippen molar-refractivity contribution in [3.05, 3.63) is 60.0 Å². The van der Waals surface area contributed by atoms with Crippen LogP contribution in [0.5, 0.6) is 5.75 Å². The van der Waals surface area contributed by atoms with Gasteiger partial charge in [0.05, 0.1) is 22.7 Å². The number of para-hydroxylation sites is 1. The molecule has 0 aliphatic carbocycles. The van der Waals surface area contributed by atoms with Crippen molar-refractivity contribution < 1.29 is 27.1 Å². The molecule has 1 aromatic heterocycles. The highest BCUT2D eigenvalue weighted by molar-refractivity contribution is 7.99. The Labute approximate surface area is 192 Å². The average Bonchev–Trinajstić information content (AvgIpc) is 3.49. The van der Waals surface area contributed by atoms with Gasteiger partial charge >= 0.3 is 6.18 Å². The van der Waals surface area contributed by atoms with Gasteiger partial charge in [0.1, 0.15) is 5.75 Å². The van der Waals surface area contributed by atoms with Crippen molar-refractivity contribution in [3.8, 4) is 5.75 Å². The number of amides is 1. The lowest BCUT2D eigenvalue weighted by Crippen LogP contribution is -2.22. The number of anilines is 2. The standard InChI is InChI=1S/C22H21F3N4O3S/c23-22(24,25)15-8-9-17(18(12-15)29-10-4-5-11-29)26-19(30)14-33-21-28-27-20(32-21)13-31-16-6-2-1-3-7-16/h1-3,6-9,12H,4-5,10-11,13-14H2,(H,26,30). The van der Waals surface area contributed by atoms with Crippen molar-refractivity contribution in [2.75, 3.05) is 29.1 Å². The molecule has 174 valence electrons. The summed E-state index contributed by atoms with van der Waals surface area (Å²) in [5.41, 5.74) is -0.0234.